The molecule has 1 heterocycles. The van der Waals surface area contributed by atoms with E-state index in [-0.39, 0.29) is 0 Å². The number of pyridine rings is 1. The lowest BCUT2D eigenvalue weighted by Crippen LogP contribution is -2.34. The minimum absolute atomic E-state index is 0.558. The van der Waals surface area contributed by atoms with Crippen LogP contribution in [0.5, 0.6) is 5.75 Å². The van der Waals surface area contributed by atoms with Gasteiger partial charge in [0.2, 0.25) is 0 Å². The fourth-order valence-corrected chi connectivity index (χ4v) is 3.16. The van der Waals surface area contributed by atoms with Crippen LogP contribution in [-0.2, 0) is 25.7 Å². The molecule has 0 saturated carbocycles. The molecule has 230 valence electrons. The van der Waals surface area contributed by atoms with Crippen molar-refractivity contribution in [2.75, 3.05) is 45.2 Å². The second-order valence-electron chi connectivity index (χ2n) is 8.63. The summed E-state index contributed by atoms with van der Waals surface area (Å²) in [5, 5.41) is 31.2. The predicted molar refractivity (Wildman–Crippen MR) is 158 cm³/mol. The molecule has 0 aliphatic carbocycles. The van der Waals surface area contributed by atoms with Gasteiger partial charge in [-0.05, 0) is 62.8 Å². The molecule has 0 atom stereocenters. The number of aliphatic carboxylic acids is 4. The van der Waals surface area contributed by atoms with Crippen molar-refractivity contribution in [3.63, 3.8) is 0 Å². The molecule has 0 aliphatic rings. The van der Waals surface area contributed by atoms with Crippen LogP contribution in [0.2, 0.25) is 0 Å². The van der Waals surface area contributed by atoms with Crippen LogP contribution in [-0.4, -0.2) is 94.5 Å². The normalized spacial score (nSPS) is 10.4. The molecular formula is C29H40N4O9. The summed E-state index contributed by atoms with van der Waals surface area (Å²) in [6, 6.07) is 14.3. The van der Waals surface area contributed by atoms with E-state index in [0.717, 1.165) is 50.7 Å². The average Bonchev–Trinajstić information content (AvgIpc) is 2.96. The highest BCUT2D eigenvalue weighted by Gasteiger charge is 2.10. The zero-order valence-corrected chi connectivity index (χ0v) is 23.8. The minimum atomic E-state index is -1.26. The molecular weight excluding hydrogens is 548 g/mol. The van der Waals surface area contributed by atoms with Crippen molar-refractivity contribution in [3.05, 3.63) is 78.5 Å². The van der Waals surface area contributed by atoms with Crippen LogP contribution in [0.1, 0.15) is 24.8 Å². The van der Waals surface area contributed by atoms with Gasteiger partial charge in [0.15, 0.2) is 0 Å². The molecule has 0 amide bonds. The summed E-state index contributed by atoms with van der Waals surface area (Å²) in [5.41, 5.74) is 6.82. The summed E-state index contributed by atoms with van der Waals surface area (Å²) in [5.74, 6) is -3.13. The smallest absolute Gasteiger partial charge is 0.328 e. The van der Waals surface area contributed by atoms with E-state index in [4.69, 9.17) is 30.9 Å². The summed E-state index contributed by atoms with van der Waals surface area (Å²) in [6.07, 6.45) is 7.61. The summed E-state index contributed by atoms with van der Waals surface area (Å²) in [6.45, 7) is 4.69. The number of carboxylic acid groups (broad SMARTS) is 4. The Morgan fingerprint density at radius 3 is 1.76 bits per heavy atom. The molecule has 1 aromatic heterocycles. The van der Waals surface area contributed by atoms with Crippen molar-refractivity contribution >= 4 is 29.7 Å². The van der Waals surface area contributed by atoms with Gasteiger partial charge >= 0.3 is 23.9 Å². The van der Waals surface area contributed by atoms with Gasteiger partial charge in [0.05, 0.1) is 7.11 Å². The Kier molecular flexibility index (Phi) is 20.4. The largest absolute Gasteiger partial charge is 0.497 e. The molecule has 13 heteroatoms. The van der Waals surface area contributed by atoms with Crippen molar-refractivity contribution in [3.8, 4) is 5.75 Å². The quantitative estimate of drug-likeness (QED) is 0.141. The third-order valence-electron chi connectivity index (χ3n) is 5.24. The zero-order chi connectivity index (χ0) is 31.8. The van der Waals surface area contributed by atoms with E-state index in [9.17, 15) is 19.2 Å². The van der Waals surface area contributed by atoms with E-state index in [1.165, 1.54) is 18.4 Å². The number of hydrogen-bond donors (Lipinski definition) is 5. The van der Waals surface area contributed by atoms with Crippen molar-refractivity contribution < 1.29 is 44.3 Å². The Hall–Kier alpha value is -4.75. The Morgan fingerprint density at radius 2 is 1.33 bits per heavy atom. The maximum absolute atomic E-state index is 9.55. The number of methoxy groups -OCH3 is 1. The standard InChI is InChI=1S/C21H32N4O.2C4H4O4/c1-24(15-7-3-5-13-22)16-17-25(21-8-4-6-14-23-21)18-19-9-11-20(26-2)12-10-19;2*5-3(6)1-2-4(7)8/h4,6,8-12,14H,3,5,7,13,15-18,22H2,1-2H3;2*1-2H,(H,5,6)(H,7,8)/b;2*2-1+. The Balaban J connectivity index is 0.000000861. The van der Waals surface area contributed by atoms with Crippen LogP contribution in [0, 0.1) is 0 Å². The maximum atomic E-state index is 9.55. The molecule has 0 aliphatic heterocycles. The molecule has 0 radical (unpaired) electrons. The van der Waals surface area contributed by atoms with Crippen LogP contribution in [0.4, 0.5) is 5.82 Å². The first-order valence-corrected chi connectivity index (χ1v) is 12.9. The molecule has 0 saturated heterocycles. The molecule has 0 fully saturated rings. The van der Waals surface area contributed by atoms with Gasteiger partial charge in [-0.3, -0.25) is 0 Å². The molecule has 0 spiro atoms. The molecule has 2 rings (SSSR count). The molecule has 0 bridgehead atoms. The highest BCUT2D eigenvalue weighted by Crippen LogP contribution is 2.17. The van der Waals surface area contributed by atoms with E-state index >= 15 is 0 Å². The van der Waals surface area contributed by atoms with E-state index in [0.29, 0.717) is 24.3 Å². The third-order valence-corrected chi connectivity index (χ3v) is 5.24. The molecule has 6 N–H and O–H groups in total. The number of nitrogens with two attached hydrogens (primary N) is 1. The Bertz CT molecular complexity index is 1060. The monoisotopic (exact) mass is 588 g/mol. The van der Waals surface area contributed by atoms with Gasteiger partial charge in [0.25, 0.3) is 0 Å². The van der Waals surface area contributed by atoms with Gasteiger partial charge in [-0.25, -0.2) is 24.2 Å². The van der Waals surface area contributed by atoms with E-state index < -0.39 is 23.9 Å². The summed E-state index contributed by atoms with van der Waals surface area (Å²) >= 11 is 0. The second kappa shape index (κ2) is 23.0. The number of carbonyl (C=O) groups is 4. The van der Waals surface area contributed by atoms with Crippen LogP contribution < -0.4 is 15.4 Å². The highest BCUT2D eigenvalue weighted by atomic mass is 16.5. The van der Waals surface area contributed by atoms with Crippen molar-refractivity contribution in [2.24, 2.45) is 5.73 Å². The zero-order valence-electron chi connectivity index (χ0n) is 23.8. The molecule has 42 heavy (non-hydrogen) atoms. The van der Waals surface area contributed by atoms with Gasteiger partial charge < -0.3 is 40.7 Å². The lowest BCUT2D eigenvalue weighted by Gasteiger charge is -2.27. The lowest BCUT2D eigenvalue weighted by atomic mass is 10.2. The van der Waals surface area contributed by atoms with Gasteiger partial charge in [-0.1, -0.05) is 24.6 Å². The Morgan fingerprint density at radius 1 is 0.786 bits per heavy atom. The number of rotatable bonds is 16. The molecule has 2 aromatic rings. The van der Waals surface area contributed by atoms with Crippen LogP contribution in [0.3, 0.4) is 0 Å². The third kappa shape index (κ3) is 21.1. The fourth-order valence-electron chi connectivity index (χ4n) is 3.16. The lowest BCUT2D eigenvalue weighted by molar-refractivity contribution is -0.134. The first-order valence-electron chi connectivity index (χ1n) is 12.9. The SMILES string of the molecule is COc1ccc(CN(CCN(C)CCCCCN)c2ccccn2)cc1.O=C(O)/C=C/C(=O)O.O=C(O)/C=C/C(=O)O. The summed E-state index contributed by atoms with van der Waals surface area (Å²) in [7, 11) is 3.88. The molecule has 0 unspecified atom stereocenters. The van der Waals surface area contributed by atoms with E-state index in [2.05, 4.69) is 40.0 Å². The predicted octanol–water partition coefficient (Wildman–Crippen LogP) is 2.58. The highest BCUT2D eigenvalue weighted by molar-refractivity contribution is 5.90. The number of unbranched alkanes of at least 4 members (excludes halogenated alkanes) is 2. The number of nitrogens with zero attached hydrogens (tertiary/aromatic N) is 3. The fraction of sp³-hybridized carbons (Fsp3) is 0.345. The van der Waals surface area contributed by atoms with Gasteiger partial charge in [0.1, 0.15) is 11.6 Å². The van der Waals surface area contributed by atoms with Gasteiger partial charge in [-0.15, -0.1) is 0 Å². The Labute approximate surface area is 245 Å². The molecule has 1 aromatic carbocycles. The summed E-state index contributed by atoms with van der Waals surface area (Å²) in [4.78, 5) is 47.5. The van der Waals surface area contributed by atoms with Crippen LogP contribution in [0.15, 0.2) is 73.0 Å². The molecule has 13 nitrogen and oxygen atoms in total. The number of carboxylic acids is 4. The number of aromatic nitrogens is 1. The van der Waals surface area contributed by atoms with Gasteiger partial charge in [-0.2, -0.15) is 0 Å². The van der Waals surface area contributed by atoms with Crippen molar-refractivity contribution in [1.29, 1.82) is 0 Å². The first-order chi connectivity index (χ1) is 20.0. The number of anilines is 1. The average molecular weight is 589 g/mol. The van der Waals surface area contributed by atoms with E-state index in [1.807, 2.05) is 30.5 Å². The van der Waals surface area contributed by atoms with Gasteiger partial charge in [0, 0.05) is 50.1 Å². The number of benzene rings is 1. The van der Waals surface area contributed by atoms with Crippen LogP contribution >= 0.6 is 0 Å². The second-order valence-corrected chi connectivity index (χ2v) is 8.63. The topological polar surface area (TPSA) is 204 Å². The van der Waals surface area contributed by atoms with E-state index in [1.54, 1.807) is 7.11 Å². The number of ether oxygens (including phenoxy) is 1. The number of hydrogen-bond acceptors (Lipinski definition) is 9. The minimum Gasteiger partial charge on any atom is -0.497 e. The van der Waals surface area contributed by atoms with Crippen molar-refractivity contribution in [2.45, 2.75) is 25.8 Å². The van der Waals surface area contributed by atoms with Crippen molar-refractivity contribution in [1.82, 2.24) is 9.88 Å². The first kappa shape index (κ1) is 37.2. The summed E-state index contributed by atoms with van der Waals surface area (Å²) < 4.78 is 5.25. The maximum Gasteiger partial charge on any atom is 0.328 e. The number of likely N-dealkylation sites (N-methyl/N-ethyl adjacent to an activating group) is 1. The van der Waals surface area contributed by atoms with Crippen LogP contribution in [0.25, 0.3) is 0 Å².